The molecule has 0 atom stereocenters. The number of hydrogen-bond acceptors (Lipinski definition) is 3. The number of carbonyl (C=O) groups excluding carboxylic acids is 1. The summed E-state index contributed by atoms with van der Waals surface area (Å²) in [6.45, 7) is 0. The van der Waals surface area contributed by atoms with Crippen LogP contribution in [-0.2, 0) is 0 Å². The standard InChI is InChI=1S/C8H10N4O/c13-8-11-9-7(10-12-8)6-4-2-1-3-5-6/h1-5,7,9-10H,(H2,11,12,13). The van der Waals surface area contributed by atoms with E-state index in [1.807, 2.05) is 30.3 Å². The average Bonchev–Trinajstić information content (AvgIpc) is 2.20. The number of urea groups is 1. The minimum Gasteiger partial charge on any atom is -0.270 e. The van der Waals surface area contributed by atoms with Crippen molar-refractivity contribution in [2.24, 2.45) is 0 Å². The molecule has 0 unspecified atom stereocenters. The van der Waals surface area contributed by atoms with E-state index in [9.17, 15) is 4.79 Å². The molecule has 1 aliphatic rings. The molecule has 0 bridgehead atoms. The van der Waals surface area contributed by atoms with Crippen LogP contribution in [0.2, 0.25) is 0 Å². The molecule has 1 saturated heterocycles. The van der Waals surface area contributed by atoms with Gasteiger partial charge in [-0.05, 0) is 5.56 Å². The highest BCUT2D eigenvalue weighted by Crippen LogP contribution is 2.08. The minimum absolute atomic E-state index is 0.0982. The van der Waals surface area contributed by atoms with E-state index in [4.69, 9.17) is 0 Å². The highest BCUT2D eigenvalue weighted by Gasteiger charge is 2.16. The molecule has 2 amide bonds. The molecule has 5 heteroatoms. The SMILES string of the molecule is O=C1NNC(c2ccccc2)NN1. The number of rotatable bonds is 1. The first kappa shape index (κ1) is 8.03. The van der Waals surface area contributed by atoms with Crippen LogP contribution in [-0.4, -0.2) is 6.03 Å². The van der Waals surface area contributed by atoms with Crippen molar-refractivity contribution in [1.29, 1.82) is 0 Å². The summed E-state index contributed by atoms with van der Waals surface area (Å²) in [5, 5.41) is 0. The summed E-state index contributed by atoms with van der Waals surface area (Å²) in [4.78, 5) is 10.7. The van der Waals surface area contributed by atoms with Crippen LogP contribution >= 0.6 is 0 Å². The minimum atomic E-state index is -0.285. The highest BCUT2D eigenvalue weighted by atomic mass is 16.2. The third kappa shape index (κ3) is 1.77. The largest absolute Gasteiger partial charge is 0.343 e. The van der Waals surface area contributed by atoms with Crippen LogP contribution in [0, 0.1) is 0 Å². The first-order valence-corrected chi connectivity index (χ1v) is 3.98. The summed E-state index contributed by atoms with van der Waals surface area (Å²) < 4.78 is 0. The molecular formula is C8H10N4O. The summed E-state index contributed by atoms with van der Waals surface area (Å²) in [6.07, 6.45) is -0.0982. The molecule has 68 valence electrons. The van der Waals surface area contributed by atoms with Crippen molar-refractivity contribution in [2.75, 3.05) is 0 Å². The molecule has 1 aliphatic heterocycles. The van der Waals surface area contributed by atoms with Gasteiger partial charge < -0.3 is 0 Å². The van der Waals surface area contributed by atoms with Crippen molar-refractivity contribution in [3.8, 4) is 0 Å². The van der Waals surface area contributed by atoms with Gasteiger partial charge in [-0.25, -0.2) is 15.6 Å². The van der Waals surface area contributed by atoms with Gasteiger partial charge in [0.1, 0.15) is 6.17 Å². The lowest BCUT2D eigenvalue weighted by Gasteiger charge is -2.26. The van der Waals surface area contributed by atoms with Crippen LogP contribution in [0.25, 0.3) is 0 Å². The Hall–Kier alpha value is -1.59. The van der Waals surface area contributed by atoms with Gasteiger partial charge in [-0.1, -0.05) is 30.3 Å². The van der Waals surface area contributed by atoms with E-state index >= 15 is 0 Å². The van der Waals surface area contributed by atoms with Crippen LogP contribution in [0.5, 0.6) is 0 Å². The lowest BCUT2D eigenvalue weighted by atomic mass is 10.2. The number of nitrogens with one attached hydrogen (secondary N) is 4. The van der Waals surface area contributed by atoms with Gasteiger partial charge in [-0.3, -0.25) is 10.9 Å². The van der Waals surface area contributed by atoms with Crippen LogP contribution in [0.4, 0.5) is 4.79 Å². The van der Waals surface area contributed by atoms with Gasteiger partial charge in [0.2, 0.25) is 0 Å². The number of amides is 2. The maximum atomic E-state index is 10.7. The number of benzene rings is 1. The Morgan fingerprint density at radius 1 is 1.00 bits per heavy atom. The summed E-state index contributed by atoms with van der Waals surface area (Å²) in [7, 11) is 0. The Labute approximate surface area is 75.5 Å². The maximum Gasteiger partial charge on any atom is 0.343 e. The summed E-state index contributed by atoms with van der Waals surface area (Å²) in [5.41, 5.74) is 11.6. The molecular weight excluding hydrogens is 168 g/mol. The van der Waals surface area contributed by atoms with E-state index in [1.165, 1.54) is 0 Å². The first-order valence-electron chi connectivity index (χ1n) is 3.98. The second kappa shape index (κ2) is 3.42. The quantitative estimate of drug-likeness (QED) is 0.489. The molecule has 1 aromatic rings. The third-order valence-corrected chi connectivity index (χ3v) is 1.79. The molecule has 0 radical (unpaired) electrons. The third-order valence-electron chi connectivity index (χ3n) is 1.79. The predicted molar refractivity (Wildman–Crippen MR) is 47.1 cm³/mol. The Kier molecular flexibility index (Phi) is 2.11. The lowest BCUT2D eigenvalue weighted by Crippen LogP contribution is -2.61. The second-order valence-electron chi connectivity index (χ2n) is 2.71. The number of hydrogen-bond donors (Lipinski definition) is 4. The average molecular weight is 178 g/mol. The molecule has 0 aliphatic carbocycles. The molecule has 0 spiro atoms. The van der Waals surface area contributed by atoms with Gasteiger partial charge >= 0.3 is 6.03 Å². The van der Waals surface area contributed by atoms with Crippen LogP contribution < -0.4 is 21.7 Å². The van der Waals surface area contributed by atoms with Gasteiger partial charge in [0.15, 0.2) is 0 Å². The summed E-state index contributed by atoms with van der Waals surface area (Å²) in [6, 6.07) is 9.46. The molecule has 1 aromatic carbocycles. The molecule has 5 nitrogen and oxygen atoms in total. The first-order chi connectivity index (χ1) is 6.36. The van der Waals surface area contributed by atoms with Crippen LogP contribution in [0.3, 0.4) is 0 Å². The normalized spacial score (nSPS) is 17.7. The van der Waals surface area contributed by atoms with E-state index in [0.717, 1.165) is 5.56 Å². The Morgan fingerprint density at radius 3 is 2.23 bits per heavy atom. The second-order valence-corrected chi connectivity index (χ2v) is 2.71. The molecule has 0 aromatic heterocycles. The fourth-order valence-corrected chi connectivity index (χ4v) is 1.15. The fraction of sp³-hybridized carbons (Fsp3) is 0.125. The summed E-state index contributed by atoms with van der Waals surface area (Å²) >= 11 is 0. The van der Waals surface area contributed by atoms with E-state index in [2.05, 4.69) is 21.7 Å². The van der Waals surface area contributed by atoms with Crippen molar-refractivity contribution in [2.45, 2.75) is 6.17 Å². The van der Waals surface area contributed by atoms with E-state index in [0.29, 0.717) is 0 Å². The zero-order valence-electron chi connectivity index (χ0n) is 6.87. The van der Waals surface area contributed by atoms with Crippen LogP contribution in [0.1, 0.15) is 11.7 Å². The van der Waals surface area contributed by atoms with Crippen molar-refractivity contribution in [3.63, 3.8) is 0 Å². The van der Waals surface area contributed by atoms with Gasteiger partial charge in [0.05, 0.1) is 0 Å². The zero-order chi connectivity index (χ0) is 9.10. The zero-order valence-corrected chi connectivity index (χ0v) is 6.87. The Balaban J connectivity index is 2.07. The maximum absolute atomic E-state index is 10.7. The van der Waals surface area contributed by atoms with E-state index in [1.54, 1.807) is 0 Å². The van der Waals surface area contributed by atoms with Crippen LogP contribution in [0.15, 0.2) is 30.3 Å². The molecule has 1 fully saturated rings. The van der Waals surface area contributed by atoms with Crippen molar-refractivity contribution in [3.05, 3.63) is 35.9 Å². The van der Waals surface area contributed by atoms with Gasteiger partial charge in [-0.15, -0.1) is 0 Å². The number of carbonyl (C=O) groups is 1. The van der Waals surface area contributed by atoms with Crippen molar-refractivity contribution >= 4 is 6.03 Å². The number of hydrazine groups is 2. The van der Waals surface area contributed by atoms with Crippen molar-refractivity contribution < 1.29 is 4.79 Å². The van der Waals surface area contributed by atoms with Gasteiger partial charge in [-0.2, -0.15) is 0 Å². The Morgan fingerprint density at radius 2 is 1.62 bits per heavy atom. The Bertz CT molecular complexity index is 290. The predicted octanol–water partition coefficient (Wildman–Crippen LogP) is 0.00720. The molecule has 4 N–H and O–H groups in total. The topological polar surface area (TPSA) is 65.2 Å². The molecule has 2 rings (SSSR count). The smallest absolute Gasteiger partial charge is 0.270 e. The van der Waals surface area contributed by atoms with Gasteiger partial charge in [0, 0.05) is 0 Å². The molecule has 13 heavy (non-hydrogen) atoms. The lowest BCUT2D eigenvalue weighted by molar-refractivity contribution is 0.204. The molecule has 0 saturated carbocycles. The van der Waals surface area contributed by atoms with E-state index in [-0.39, 0.29) is 12.2 Å². The molecule has 1 heterocycles. The monoisotopic (exact) mass is 178 g/mol. The summed E-state index contributed by atoms with van der Waals surface area (Å²) in [5.74, 6) is 0. The fourth-order valence-electron chi connectivity index (χ4n) is 1.15. The van der Waals surface area contributed by atoms with Gasteiger partial charge in [0.25, 0.3) is 0 Å². The van der Waals surface area contributed by atoms with Crippen molar-refractivity contribution in [1.82, 2.24) is 21.7 Å². The highest BCUT2D eigenvalue weighted by molar-refractivity contribution is 5.73. The van der Waals surface area contributed by atoms with E-state index < -0.39 is 0 Å².